The molecule has 0 aliphatic carbocycles. The van der Waals surface area contributed by atoms with Crippen molar-refractivity contribution in [2.45, 2.75) is 30.8 Å². The summed E-state index contributed by atoms with van der Waals surface area (Å²) in [6.07, 6.45) is -0.353. The molecule has 0 unspecified atom stereocenters. The Kier molecular flexibility index (Phi) is 10.1. The van der Waals surface area contributed by atoms with Crippen LogP contribution in [0.25, 0.3) is 0 Å². The number of rotatable bonds is 9. The van der Waals surface area contributed by atoms with Gasteiger partial charge in [-0.05, 0) is 71.9 Å². The van der Waals surface area contributed by atoms with Crippen molar-refractivity contribution >= 4 is 75.3 Å². The van der Waals surface area contributed by atoms with Crippen LogP contribution < -0.4 is 15.8 Å². The van der Waals surface area contributed by atoms with Gasteiger partial charge in [0.1, 0.15) is 17.8 Å². The van der Waals surface area contributed by atoms with Gasteiger partial charge in [0.2, 0.25) is 0 Å². The van der Waals surface area contributed by atoms with Gasteiger partial charge in [0, 0.05) is 17.6 Å². The fourth-order valence-electron chi connectivity index (χ4n) is 3.28. The molecule has 0 radical (unpaired) electrons. The van der Waals surface area contributed by atoms with Crippen LogP contribution in [0.15, 0.2) is 47.2 Å². The summed E-state index contributed by atoms with van der Waals surface area (Å²) in [5.74, 6) is -1.15. The molecule has 0 saturated carbocycles. The lowest BCUT2D eigenvalue weighted by atomic mass is 10.0. The van der Waals surface area contributed by atoms with Crippen LogP contribution >= 0.6 is 63.7 Å². The first-order chi connectivity index (χ1) is 16.6. The normalized spacial score (nSPS) is 22.6. The highest BCUT2D eigenvalue weighted by Gasteiger charge is 2.54. The lowest BCUT2D eigenvalue weighted by Crippen LogP contribution is -2.49. The third-order valence-corrected chi connectivity index (χ3v) is 7.48. The Morgan fingerprint density at radius 2 is 2.03 bits per heavy atom. The fourth-order valence-corrected chi connectivity index (χ4v) is 6.26. The van der Waals surface area contributed by atoms with Crippen LogP contribution in [0.4, 0.5) is 0 Å². The molecule has 3 atom stereocenters. The molecule has 0 bridgehead atoms. The van der Waals surface area contributed by atoms with Gasteiger partial charge in [-0.1, -0.05) is 21.1 Å². The number of carbonyl (C=O) groups is 1. The topological polar surface area (TPSA) is 145 Å². The maximum absolute atomic E-state index is 12.6. The molecule has 5 N–H and O–H groups in total. The molecule has 2 heterocycles. The summed E-state index contributed by atoms with van der Waals surface area (Å²) in [5, 5.41) is 27.2. The number of ether oxygens (including phenoxy) is 3. The Balaban J connectivity index is 1.51. The molecule has 0 saturated heterocycles. The quantitative estimate of drug-likeness (QED) is 0.282. The highest BCUT2D eigenvalue weighted by molar-refractivity contribution is 9.12. The number of aliphatic hydroxyl groups excluding tert-OH is 2. The standard InChI is InChI=1S/C21H23Br4N3O7/c1-32-17-13(24)7-21(34-9-14(17)25)19(30)16(28-35-21)20(31)27-3-2-4-33-18-11(22)5-10(6-12(18)23)15(29)8-26/h5-6,9,15,19,29-30H,2-4,7-8,26H2,1H3,(H,27,31)/t15-,19+,21+/m0/s1. The van der Waals surface area contributed by atoms with Crippen LogP contribution in [-0.2, 0) is 19.1 Å². The number of benzene rings is 1. The minimum atomic E-state index is -1.60. The molecular formula is C21H23Br4N3O7. The van der Waals surface area contributed by atoms with Gasteiger partial charge in [0.15, 0.2) is 11.8 Å². The molecule has 192 valence electrons. The van der Waals surface area contributed by atoms with Gasteiger partial charge in [-0.2, -0.15) is 0 Å². The van der Waals surface area contributed by atoms with E-state index in [1.54, 1.807) is 12.1 Å². The van der Waals surface area contributed by atoms with E-state index >= 15 is 0 Å². The van der Waals surface area contributed by atoms with Crippen LogP contribution in [0.3, 0.4) is 0 Å². The summed E-state index contributed by atoms with van der Waals surface area (Å²) in [7, 11) is 1.49. The third-order valence-electron chi connectivity index (χ3n) is 5.12. The summed E-state index contributed by atoms with van der Waals surface area (Å²) in [6, 6.07) is 3.47. The molecule has 2 aliphatic rings. The maximum Gasteiger partial charge on any atom is 0.311 e. The average Bonchev–Trinajstić information content (AvgIpc) is 3.07. The van der Waals surface area contributed by atoms with Gasteiger partial charge in [-0.25, -0.2) is 0 Å². The van der Waals surface area contributed by atoms with Gasteiger partial charge in [-0.3, -0.25) is 4.79 Å². The molecule has 2 aliphatic heterocycles. The van der Waals surface area contributed by atoms with Gasteiger partial charge in [0.25, 0.3) is 5.91 Å². The van der Waals surface area contributed by atoms with Crippen molar-refractivity contribution < 1.29 is 34.1 Å². The van der Waals surface area contributed by atoms with E-state index in [9.17, 15) is 15.0 Å². The third kappa shape index (κ3) is 6.40. The average molecular weight is 749 g/mol. The van der Waals surface area contributed by atoms with E-state index in [1.807, 2.05) is 0 Å². The molecule has 14 heteroatoms. The van der Waals surface area contributed by atoms with Crippen molar-refractivity contribution in [3.05, 3.63) is 47.6 Å². The summed E-state index contributed by atoms with van der Waals surface area (Å²) in [4.78, 5) is 18.0. The number of methoxy groups -OCH3 is 1. The highest BCUT2D eigenvalue weighted by atomic mass is 79.9. The molecule has 3 rings (SSSR count). The van der Waals surface area contributed by atoms with Crippen molar-refractivity contribution in [2.24, 2.45) is 10.9 Å². The Hall–Kier alpha value is -1.16. The van der Waals surface area contributed by atoms with Crippen molar-refractivity contribution in [1.29, 1.82) is 0 Å². The predicted octanol–water partition coefficient (Wildman–Crippen LogP) is 3.44. The number of nitrogens with two attached hydrogens (primary N) is 1. The molecule has 1 amide bonds. The number of oxime groups is 1. The van der Waals surface area contributed by atoms with Gasteiger partial charge in [0.05, 0.1) is 39.7 Å². The largest absolute Gasteiger partial charge is 0.495 e. The summed E-state index contributed by atoms with van der Waals surface area (Å²) < 4.78 is 19.1. The van der Waals surface area contributed by atoms with Crippen LogP contribution in [0, 0.1) is 0 Å². The molecule has 1 aromatic carbocycles. The van der Waals surface area contributed by atoms with Crippen LogP contribution in [0.5, 0.6) is 5.75 Å². The number of hydrogen-bond acceptors (Lipinski definition) is 9. The monoisotopic (exact) mass is 745 g/mol. The second-order valence-electron chi connectivity index (χ2n) is 7.50. The van der Waals surface area contributed by atoms with Crippen molar-refractivity contribution in [2.75, 3.05) is 26.8 Å². The van der Waals surface area contributed by atoms with E-state index in [0.29, 0.717) is 48.0 Å². The minimum absolute atomic E-state index is 0.0575. The zero-order valence-electron chi connectivity index (χ0n) is 18.4. The van der Waals surface area contributed by atoms with E-state index in [0.717, 1.165) is 0 Å². The van der Waals surface area contributed by atoms with Crippen molar-refractivity contribution in [1.82, 2.24) is 5.32 Å². The van der Waals surface area contributed by atoms with Crippen molar-refractivity contribution in [3.63, 3.8) is 0 Å². The fraction of sp³-hybridized carbons (Fsp3) is 0.429. The van der Waals surface area contributed by atoms with E-state index < -0.39 is 23.9 Å². The van der Waals surface area contributed by atoms with Crippen LogP contribution in [-0.4, -0.2) is 60.5 Å². The zero-order valence-corrected chi connectivity index (χ0v) is 24.7. The lowest BCUT2D eigenvalue weighted by molar-refractivity contribution is -0.225. The molecule has 35 heavy (non-hydrogen) atoms. The second-order valence-corrected chi connectivity index (χ2v) is 11.0. The molecule has 1 aromatic rings. The zero-order chi connectivity index (χ0) is 25.8. The number of nitrogens with one attached hydrogen (secondary N) is 1. The van der Waals surface area contributed by atoms with Crippen LogP contribution in [0.2, 0.25) is 0 Å². The SMILES string of the molecule is COC1=C(Br)C[C@@]2(OC=C1Br)ON=C(C(=O)NCCCOc1c(Br)cc([C@@H](O)CN)cc1Br)[C@H]2O. The molecule has 0 fully saturated rings. The first-order valence-electron chi connectivity index (χ1n) is 10.3. The van der Waals surface area contributed by atoms with E-state index in [1.165, 1.54) is 13.4 Å². The Bertz CT molecular complexity index is 1040. The minimum Gasteiger partial charge on any atom is -0.495 e. The first-order valence-corrected chi connectivity index (χ1v) is 13.5. The summed E-state index contributed by atoms with van der Waals surface area (Å²) >= 11 is 13.6. The van der Waals surface area contributed by atoms with E-state index in [2.05, 4.69) is 74.2 Å². The summed E-state index contributed by atoms with van der Waals surface area (Å²) in [6.45, 7) is 0.666. The summed E-state index contributed by atoms with van der Waals surface area (Å²) in [5.41, 5.74) is 5.96. The number of hydrogen-bond donors (Lipinski definition) is 4. The number of amides is 1. The number of allylic oxidation sites excluding steroid dienone is 1. The number of halogens is 4. The van der Waals surface area contributed by atoms with Gasteiger partial charge >= 0.3 is 5.79 Å². The predicted molar refractivity (Wildman–Crippen MR) is 142 cm³/mol. The number of aliphatic hydroxyl groups is 2. The second kappa shape index (κ2) is 12.4. The smallest absolute Gasteiger partial charge is 0.311 e. The Morgan fingerprint density at radius 1 is 1.34 bits per heavy atom. The molecular weight excluding hydrogens is 726 g/mol. The van der Waals surface area contributed by atoms with Gasteiger partial charge < -0.3 is 40.3 Å². The Labute approximate surface area is 235 Å². The number of nitrogens with zero attached hydrogens (tertiary/aromatic N) is 1. The molecule has 10 nitrogen and oxygen atoms in total. The molecule has 1 spiro atoms. The lowest BCUT2D eigenvalue weighted by Gasteiger charge is -2.27. The van der Waals surface area contributed by atoms with Crippen LogP contribution in [0.1, 0.15) is 24.5 Å². The van der Waals surface area contributed by atoms with Gasteiger partial charge in [-0.15, -0.1) is 0 Å². The first kappa shape index (κ1) is 28.4. The van der Waals surface area contributed by atoms with Crippen molar-refractivity contribution in [3.8, 4) is 5.75 Å². The van der Waals surface area contributed by atoms with E-state index in [4.69, 9.17) is 24.8 Å². The van der Waals surface area contributed by atoms with E-state index in [-0.39, 0.29) is 25.2 Å². The number of carbonyl (C=O) groups excluding carboxylic acids is 1. The maximum atomic E-state index is 12.6. The molecule has 0 aromatic heterocycles. The Morgan fingerprint density at radius 3 is 2.66 bits per heavy atom. The highest BCUT2D eigenvalue weighted by Crippen LogP contribution is 2.41.